The number of carbonyl (C=O) groups is 1. The van der Waals surface area contributed by atoms with Crippen LogP contribution in [0.25, 0.3) is 0 Å². The number of amides is 1. The number of nitrogens with one attached hydrogen (secondary N) is 1. The van der Waals surface area contributed by atoms with Crippen molar-refractivity contribution in [1.29, 1.82) is 0 Å². The Balaban J connectivity index is 2.30. The summed E-state index contributed by atoms with van der Waals surface area (Å²) in [5, 5.41) is 2.96. The SMILES string of the molecule is CCCC[C@@H](CC)CNC(=O)CN(c1cc(C)cc(C)c1)S(=O)(=O)c1ccc(C)cc1. The maximum atomic E-state index is 13.5. The van der Waals surface area contributed by atoms with Gasteiger partial charge in [0, 0.05) is 6.54 Å². The minimum atomic E-state index is -3.89. The summed E-state index contributed by atoms with van der Waals surface area (Å²) in [6, 6.07) is 12.3. The number of rotatable bonds is 11. The third-order valence-corrected chi connectivity index (χ3v) is 7.31. The maximum absolute atomic E-state index is 13.5. The summed E-state index contributed by atoms with van der Waals surface area (Å²) >= 11 is 0. The minimum absolute atomic E-state index is 0.180. The van der Waals surface area contributed by atoms with Crippen molar-refractivity contribution in [1.82, 2.24) is 5.32 Å². The van der Waals surface area contributed by atoms with E-state index in [1.807, 2.05) is 39.0 Å². The molecule has 1 amide bonds. The van der Waals surface area contributed by atoms with Crippen molar-refractivity contribution < 1.29 is 13.2 Å². The van der Waals surface area contributed by atoms with Crippen molar-refractivity contribution in [2.24, 2.45) is 5.92 Å². The molecule has 0 aliphatic carbocycles. The summed E-state index contributed by atoms with van der Waals surface area (Å²) in [6.07, 6.45) is 4.31. The first-order chi connectivity index (χ1) is 14.7. The first-order valence-corrected chi connectivity index (χ1v) is 12.6. The van der Waals surface area contributed by atoms with Gasteiger partial charge in [-0.2, -0.15) is 0 Å². The number of nitrogens with zero attached hydrogens (tertiary/aromatic N) is 1. The highest BCUT2D eigenvalue weighted by molar-refractivity contribution is 7.92. The zero-order valence-corrected chi connectivity index (χ0v) is 20.3. The molecule has 1 atom stereocenters. The predicted octanol–water partition coefficient (Wildman–Crippen LogP) is 5.14. The highest BCUT2D eigenvalue weighted by atomic mass is 32.2. The minimum Gasteiger partial charge on any atom is -0.354 e. The lowest BCUT2D eigenvalue weighted by Gasteiger charge is -2.25. The number of benzene rings is 2. The summed E-state index contributed by atoms with van der Waals surface area (Å²) in [4.78, 5) is 13.0. The Bertz CT molecular complexity index is 949. The van der Waals surface area contributed by atoms with Crippen LogP contribution in [0.2, 0.25) is 0 Å². The molecule has 2 aromatic rings. The van der Waals surface area contributed by atoms with E-state index in [2.05, 4.69) is 19.2 Å². The number of anilines is 1. The van der Waals surface area contributed by atoms with E-state index < -0.39 is 10.0 Å². The average Bonchev–Trinajstić information content (AvgIpc) is 2.71. The van der Waals surface area contributed by atoms with E-state index in [9.17, 15) is 13.2 Å². The number of hydrogen-bond donors (Lipinski definition) is 1. The van der Waals surface area contributed by atoms with Gasteiger partial charge in [0.2, 0.25) is 5.91 Å². The molecule has 6 heteroatoms. The van der Waals surface area contributed by atoms with Gasteiger partial charge in [0.1, 0.15) is 6.54 Å². The monoisotopic (exact) mass is 444 g/mol. The lowest BCUT2D eigenvalue weighted by Crippen LogP contribution is -2.42. The van der Waals surface area contributed by atoms with Crippen LogP contribution in [0, 0.1) is 26.7 Å². The van der Waals surface area contributed by atoms with Crippen molar-refractivity contribution in [2.75, 3.05) is 17.4 Å². The van der Waals surface area contributed by atoms with Crippen LogP contribution >= 0.6 is 0 Å². The van der Waals surface area contributed by atoms with Gasteiger partial charge in [0.25, 0.3) is 10.0 Å². The van der Waals surface area contributed by atoms with E-state index in [0.717, 1.165) is 42.4 Å². The highest BCUT2D eigenvalue weighted by Crippen LogP contribution is 2.26. The molecular weight excluding hydrogens is 408 g/mol. The van der Waals surface area contributed by atoms with E-state index in [4.69, 9.17) is 0 Å². The summed E-state index contributed by atoms with van der Waals surface area (Å²) < 4.78 is 28.2. The Morgan fingerprint density at radius 3 is 2.13 bits per heavy atom. The molecule has 31 heavy (non-hydrogen) atoms. The largest absolute Gasteiger partial charge is 0.354 e. The lowest BCUT2D eigenvalue weighted by atomic mass is 9.99. The van der Waals surface area contributed by atoms with Gasteiger partial charge in [-0.3, -0.25) is 9.10 Å². The Labute approximate surface area is 187 Å². The van der Waals surface area contributed by atoms with Crippen molar-refractivity contribution in [3.8, 4) is 0 Å². The van der Waals surface area contributed by atoms with E-state index in [0.29, 0.717) is 18.2 Å². The fourth-order valence-corrected chi connectivity index (χ4v) is 5.04. The average molecular weight is 445 g/mol. The number of aryl methyl sites for hydroxylation is 3. The molecule has 0 aliphatic heterocycles. The molecule has 0 aromatic heterocycles. The van der Waals surface area contributed by atoms with Crippen molar-refractivity contribution in [2.45, 2.75) is 65.2 Å². The van der Waals surface area contributed by atoms with Crippen LogP contribution in [0.1, 0.15) is 56.2 Å². The number of sulfonamides is 1. The molecule has 0 saturated heterocycles. The van der Waals surface area contributed by atoms with Gasteiger partial charge in [-0.1, -0.05) is 56.9 Å². The Morgan fingerprint density at radius 1 is 0.968 bits per heavy atom. The molecular formula is C25H36N2O3S. The summed E-state index contributed by atoms with van der Waals surface area (Å²) in [7, 11) is -3.89. The second-order valence-electron chi connectivity index (χ2n) is 8.39. The molecule has 0 aliphatic rings. The molecule has 0 fully saturated rings. The smallest absolute Gasteiger partial charge is 0.264 e. The van der Waals surface area contributed by atoms with Crippen LogP contribution in [0.15, 0.2) is 47.4 Å². The molecule has 170 valence electrons. The van der Waals surface area contributed by atoms with E-state index in [-0.39, 0.29) is 17.3 Å². The van der Waals surface area contributed by atoms with Crippen LogP contribution < -0.4 is 9.62 Å². The van der Waals surface area contributed by atoms with Crippen molar-refractivity contribution >= 4 is 21.6 Å². The molecule has 0 spiro atoms. The Kier molecular flexibility index (Phi) is 9.11. The standard InChI is InChI=1S/C25H36N2O3S/c1-6-8-9-22(7-2)17-26-25(28)18-27(23-15-20(4)14-21(5)16-23)31(29,30)24-12-10-19(3)11-13-24/h10-16,22H,6-9,17-18H2,1-5H3,(H,26,28)/t22-/m1/s1. The van der Waals surface area contributed by atoms with Crippen LogP contribution in [0.3, 0.4) is 0 Å². The summed E-state index contributed by atoms with van der Waals surface area (Å²) in [5.41, 5.74) is 3.38. The second kappa shape index (κ2) is 11.3. The van der Waals surface area contributed by atoms with Gasteiger partial charge < -0.3 is 5.32 Å². The molecule has 0 bridgehead atoms. The fourth-order valence-electron chi connectivity index (χ4n) is 3.63. The normalized spacial score (nSPS) is 12.4. The summed E-state index contributed by atoms with van der Waals surface area (Å²) in [5.74, 6) is 0.122. The van der Waals surface area contributed by atoms with Crippen LogP contribution in [-0.2, 0) is 14.8 Å². The van der Waals surface area contributed by atoms with Gasteiger partial charge in [-0.15, -0.1) is 0 Å². The van der Waals surface area contributed by atoms with Gasteiger partial charge in [0.05, 0.1) is 10.6 Å². The molecule has 1 N–H and O–H groups in total. The van der Waals surface area contributed by atoms with Crippen molar-refractivity contribution in [3.63, 3.8) is 0 Å². The third-order valence-electron chi connectivity index (χ3n) is 5.52. The van der Waals surface area contributed by atoms with E-state index >= 15 is 0 Å². The highest BCUT2D eigenvalue weighted by Gasteiger charge is 2.27. The number of unbranched alkanes of at least 4 members (excludes halogenated alkanes) is 1. The molecule has 2 aromatic carbocycles. The van der Waals surface area contributed by atoms with Crippen molar-refractivity contribution in [3.05, 3.63) is 59.2 Å². The Morgan fingerprint density at radius 2 is 1.58 bits per heavy atom. The van der Waals surface area contributed by atoms with Gasteiger partial charge in [-0.25, -0.2) is 8.42 Å². The Hall–Kier alpha value is -2.34. The van der Waals surface area contributed by atoms with Gasteiger partial charge in [-0.05, 0) is 68.5 Å². The van der Waals surface area contributed by atoms with Gasteiger partial charge >= 0.3 is 0 Å². The molecule has 0 unspecified atom stereocenters. The predicted molar refractivity (Wildman–Crippen MR) is 128 cm³/mol. The molecule has 0 saturated carbocycles. The molecule has 0 heterocycles. The maximum Gasteiger partial charge on any atom is 0.264 e. The quantitative estimate of drug-likeness (QED) is 0.522. The number of carbonyl (C=O) groups excluding carboxylic acids is 1. The first-order valence-electron chi connectivity index (χ1n) is 11.1. The van der Waals surface area contributed by atoms with Gasteiger partial charge in [0.15, 0.2) is 0 Å². The van der Waals surface area contributed by atoms with Crippen LogP contribution in [0.5, 0.6) is 0 Å². The molecule has 0 radical (unpaired) electrons. The lowest BCUT2D eigenvalue weighted by molar-refractivity contribution is -0.119. The topological polar surface area (TPSA) is 66.5 Å². The van der Waals surface area contributed by atoms with E-state index in [1.165, 1.54) is 4.31 Å². The second-order valence-corrected chi connectivity index (χ2v) is 10.3. The fraction of sp³-hybridized carbons (Fsp3) is 0.480. The number of hydrogen-bond acceptors (Lipinski definition) is 3. The van der Waals surface area contributed by atoms with E-state index in [1.54, 1.807) is 24.3 Å². The third kappa shape index (κ3) is 7.10. The van der Waals surface area contributed by atoms with Crippen LogP contribution in [0.4, 0.5) is 5.69 Å². The zero-order valence-electron chi connectivity index (χ0n) is 19.4. The zero-order chi connectivity index (χ0) is 23.0. The molecule has 2 rings (SSSR count). The molecule has 5 nitrogen and oxygen atoms in total. The summed E-state index contributed by atoms with van der Waals surface area (Å²) in [6.45, 7) is 10.4. The van der Waals surface area contributed by atoms with Crippen LogP contribution in [-0.4, -0.2) is 27.4 Å². The first kappa shape index (κ1) is 24.9.